The highest BCUT2D eigenvalue weighted by Gasteiger charge is 2.22. The van der Waals surface area contributed by atoms with Crippen molar-refractivity contribution in [2.75, 3.05) is 9.80 Å². The molecule has 2 aromatic heterocycles. The van der Waals surface area contributed by atoms with E-state index in [4.69, 9.17) is 8.83 Å². The van der Waals surface area contributed by atoms with Gasteiger partial charge in [0.2, 0.25) is 0 Å². The number of benzene rings is 10. The molecule has 0 atom stereocenters. The minimum atomic E-state index is 0.00708. The van der Waals surface area contributed by atoms with Gasteiger partial charge in [0.25, 0.3) is 0 Å². The molecule has 0 aliphatic heterocycles. The predicted molar refractivity (Wildman–Crippen MR) is 312 cm³/mol. The van der Waals surface area contributed by atoms with Crippen molar-refractivity contribution in [3.8, 4) is 44.9 Å². The summed E-state index contributed by atoms with van der Waals surface area (Å²) in [5.41, 5.74) is 17.6. The fourth-order valence-electron chi connectivity index (χ4n) is 10.2. The van der Waals surface area contributed by atoms with E-state index in [-0.39, 0.29) is 10.8 Å². The lowest BCUT2D eigenvalue weighted by Gasteiger charge is -2.28. The maximum absolute atomic E-state index is 6.80. The molecule has 12 rings (SSSR count). The van der Waals surface area contributed by atoms with Gasteiger partial charge in [-0.3, -0.25) is 0 Å². The highest BCUT2D eigenvalue weighted by atomic mass is 16.3. The van der Waals surface area contributed by atoms with Crippen LogP contribution in [0.15, 0.2) is 251 Å². The van der Waals surface area contributed by atoms with Crippen LogP contribution >= 0.6 is 0 Å². The van der Waals surface area contributed by atoms with Crippen molar-refractivity contribution in [2.24, 2.45) is 0 Å². The zero-order valence-corrected chi connectivity index (χ0v) is 42.8. The van der Waals surface area contributed by atoms with Crippen LogP contribution in [0.3, 0.4) is 0 Å². The second-order valence-corrected chi connectivity index (χ2v) is 21.5. The number of rotatable bonds is 10. The first-order valence-electron chi connectivity index (χ1n) is 25.6. The molecule has 0 unspecified atom stereocenters. The molecule has 0 spiro atoms. The van der Waals surface area contributed by atoms with Crippen LogP contribution in [0.5, 0.6) is 0 Å². The third-order valence-corrected chi connectivity index (χ3v) is 14.4. The molecular formula is C70H58N2O2. The lowest BCUT2D eigenvalue weighted by atomic mass is 9.87. The van der Waals surface area contributed by atoms with E-state index in [1.54, 1.807) is 0 Å². The van der Waals surface area contributed by atoms with Crippen LogP contribution in [0.4, 0.5) is 34.1 Å². The lowest BCUT2D eigenvalue weighted by molar-refractivity contribution is 0.590. The summed E-state index contributed by atoms with van der Waals surface area (Å²) in [6, 6.07) is 87.0. The van der Waals surface area contributed by atoms with Gasteiger partial charge < -0.3 is 18.6 Å². The summed E-state index contributed by atoms with van der Waals surface area (Å²) in [6.07, 6.45) is 0. The second-order valence-electron chi connectivity index (χ2n) is 21.5. The molecule has 0 amide bonds. The lowest BCUT2D eigenvalue weighted by Crippen LogP contribution is -2.14. The van der Waals surface area contributed by atoms with E-state index in [0.29, 0.717) is 0 Å². The van der Waals surface area contributed by atoms with Gasteiger partial charge in [-0.2, -0.15) is 0 Å². The molecule has 2 heterocycles. The average molecular weight is 959 g/mol. The van der Waals surface area contributed by atoms with Crippen molar-refractivity contribution in [3.63, 3.8) is 0 Å². The summed E-state index contributed by atoms with van der Waals surface area (Å²) < 4.78 is 13.4. The molecule has 0 saturated heterocycles. The Morgan fingerprint density at radius 1 is 0.284 bits per heavy atom. The topological polar surface area (TPSA) is 32.8 Å². The van der Waals surface area contributed by atoms with Crippen LogP contribution in [0, 0.1) is 0 Å². The Balaban J connectivity index is 0.848. The molecule has 10 aromatic carbocycles. The molecule has 12 aromatic rings. The van der Waals surface area contributed by atoms with Crippen LogP contribution in [-0.2, 0) is 10.8 Å². The average Bonchev–Trinajstić information content (AvgIpc) is 4.08. The number of furan rings is 2. The number of anilines is 6. The largest absolute Gasteiger partial charge is 0.456 e. The van der Waals surface area contributed by atoms with Crippen LogP contribution in [0.25, 0.3) is 77.6 Å². The van der Waals surface area contributed by atoms with E-state index < -0.39 is 0 Å². The second kappa shape index (κ2) is 18.6. The first kappa shape index (κ1) is 46.2. The van der Waals surface area contributed by atoms with Gasteiger partial charge in [0.05, 0.1) is 0 Å². The molecule has 0 N–H and O–H groups in total. The van der Waals surface area contributed by atoms with Gasteiger partial charge in [-0.15, -0.1) is 0 Å². The van der Waals surface area contributed by atoms with E-state index >= 15 is 0 Å². The summed E-state index contributed by atoms with van der Waals surface area (Å²) in [7, 11) is 0. The van der Waals surface area contributed by atoms with Crippen LogP contribution < -0.4 is 9.80 Å². The maximum Gasteiger partial charge on any atom is 0.142 e. The SMILES string of the molecule is CC(C)(C)c1cccc(N(c2ccc(-c3ccccc3)cc2)c2ccc(-c3cc4c(ccc5c4ccc4cc(-c6ccc(N(c7ccc(-c8ccccc8)cc7)c7cccc(C(C)(C)C)c7)cc6)oc45)o3)cc2)c1. The van der Waals surface area contributed by atoms with Crippen molar-refractivity contribution in [1.82, 2.24) is 0 Å². The smallest absolute Gasteiger partial charge is 0.142 e. The first-order chi connectivity index (χ1) is 35.9. The maximum atomic E-state index is 6.80. The highest BCUT2D eigenvalue weighted by molar-refractivity contribution is 6.16. The van der Waals surface area contributed by atoms with Crippen LogP contribution in [-0.4, -0.2) is 0 Å². The third-order valence-electron chi connectivity index (χ3n) is 14.4. The quantitative estimate of drug-likeness (QED) is 0.137. The molecule has 0 aliphatic rings. The summed E-state index contributed by atoms with van der Waals surface area (Å²) in [5.74, 6) is 1.64. The normalized spacial score (nSPS) is 11.9. The molecule has 4 nitrogen and oxygen atoms in total. The van der Waals surface area contributed by atoms with Gasteiger partial charge in [-0.1, -0.05) is 163 Å². The summed E-state index contributed by atoms with van der Waals surface area (Å²) in [4.78, 5) is 4.68. The summed E-state index contributed by atoms with van der Waals surface area (Å²) >= 11 is 0. The molecule has 0 bridgehead atoms. The molecule has 74 heavy (non-hydrogen) atoms. The Morgan fingerprint density at radius 3 is 1.14 bits per heavy atom. The van der Waals surface area contributed by atoms with Crippen LogP contribution in [0.1, 0.15) is 52.7 Å². The molecule has 0 fully saturated rings. The zero-order valence-electron chi connectivity index (χ0n) is 42.8. The number of fused-ring (bicyclic) bond motifs is 5. The van der Waals surface area contributed by atoms with Crippen molar-refractivity contribution in [3.05, 3.63) is 254 Å². The van der Waals surface area contributed by atoms with Gasteiger partial charge in [-0.25, -0.2) is 0 Å². The Bertz CT molecular complexity index is 3670. The molecule has 360 valence electrons. The van der Waals surface area contributed by atoms with E-state index in [1.165, 1.54) is 33.4 Å². The highest BCUT2D eigenvalue weighted by Crippen LogP contribution is 2.43. The monoisotopic (exact) mass is 958 g/mol. The Labute approximate surface area is 434 Å². The van der Waals surface area contributed by atoms with Gasteiger partial charge in [-0.05, 0) is 171 Å². The van der Waals surface area contributed by atoms with Gasteiger partial charge in [0.15, 0.2) is 0 Å². The predicted octanol–water partition coefficient (Wildman–Crippen LogP) is 20.5. The summed E-state index contributed by atoms with van der Waals surface area (Å²) in [6.45, 7) is 13.6. The minimum absolute atomic E-state index is 0.00708. The summed E-state index contributed by atoms with van der Waals surface area (Å²) in [5, 5.41) is 4.25. The van der Waals surface area contributed by atoms with E-state index in [1.807, 2.05) is 0 Å². The fraction of sp³-hybridized carbons (Fsp3) is 0.114. The first-order valence-corrected chi connectivity index (χ1v) is 25.6. The van der Waals surface area contributed by atoms with Gasteiger partial charge >= 0.3 is 0 Å². The standard InChI is InChI=1S/C70H58N2O2/c1-69(2,3)54-19-13-21-60(44-54)71(56-32-23-49(24-33-56)47-15-9-7-10-16-47)58-36-27-51(28-37-58)66-43-53-31-40-62-63(68(53)74-66)41-42-65-64(62)46-67(73-65)52-29-38-59(39-30-52)72(61-22-14-20-55(45-61)70(4,5)6)57-34-25-50(26-35-57)48-17-11-8-12-18-48/h7-46H,1-6H3. The van der Waals surface area contributed by atoms with Crippen molar-refractivity contribution in [1.29, 1.82) is 0 Å². The Kier molecular flexibility index (Phi) is 11.6. The van der Waals surface area contributed by atoms with E-state index in [2.05, 4.69) is 294 Å². The minimum Gasteiger partial charge on any atom is -0.456 e. The van der Waals surface area contributed by atoms with Crippen molar-refractivity contribution < 1.29 is 8.83 Å². The van der Waals surface area contributed by atoms with Gasteiger partial charge in [0, 0.05) is 61.4 Å². The van der Waals surface area contributed by atoms with Crippen molar-refractivity contribution in [2.45, 2.75) is 52.4 Å². The Morgan fingerprint density at radius 2 is 0.689 bits per heavy atom. The number of nitrogens with zero attached hydrogens (tertiary/aromatic N) is 2. The van der Waals surface area contributed by atoms with E-state index in [9.17, 15) is 0 Å². The van der Waals surface area contributed by atoms with Crippen molar-refractivity contribution >= 4 is 66.8 Å². The number of hydrogen-bond acceptors (Lipinski definition) is 4. The Hall–Kier alpha value is -8.86. The molecule has 0 aliphatic carbocycles. The number of hydrogen-bond donors (Lipinski definition) is 0. The molecule has 4 heteroatoms. The fourth-order valence-corrected chi connectivity index (χ4v) is 10.2. The molecule has 0 radical (unpaired) electrons. The van der Waals surface area contributed by atoms with E-state index in [0.717, 1.165) is 89.5 Å². The zero-order chi connectivity index (χ0) is 50.6. The molecule has 0 saturated carbocycles. The van der Waals surface area contributed by atoms with Gasteiger partial charge in [0.1, 0.15) is 22.7 Å². The van der Waals surface area contributed by atoms with Crippen LogP contribution in [0.2, 0.25) is 0 Å². The molecular weight excluding hydrogens is 901 g/mol. The third kappa shape index (κ3) is 8.94.